The molecule has 0 bridgehead atoms. The Morgan fingerprint density at radius 2 is 1.65 bits per heavy atom. The maximum atomic E-state index is 12.4. The predicted molar refractivity (Wildman–Crippen MR) is 117 cm³/mol. The molecule has 8 heteroatoms. The molecule has 3 aromatic carbocycles. The van der Waals surface area contributed by atoms with Crippen LogP contribution < -0.4 is 19.6 Å². The summed E-state index contributed by atoms with van der Waals surface area (Å²) in [5, 5.41) is 4.47. The summed E-state index contributed by atoms with van der Waals surface area (Å²) in [4.78, 5) is 24.3. The third-order valence-electron chi connectivity index (χ3n) is 4.02. The Labute approximate surface area is 184 Å². The number of rotatable bonds is 8. The molecule has 31 heavy (non-hydrogen) atoms. The number of esters is 1. The van der Waals surface area contributed by atoms with Gasteiger partial charge in [-0.1, -0.05) is 23.7 Å². The van der Waals surface area contributed by atoms with Gasteiger partial charge in [0.25, 0.3) is 5.91 Å². The van der Waals surface area contributed by atoms with Crippen molar-refractivity contribution >= 4 is 29.7 Å². The SMILES string of the molecule is COc1ccc(C(=O)Oc2ccccc2C=NNC(=O)COc2ccc(Cl)cc2)cc1. The lowest BCUT2D eigenvalue weighted by molar-refractivity contribution is -0.123. The molecule has 0 aliphatic carbocycles. The molecule has 3 aromatic rings. The summed E-state index contributed by atoms with van der Waals surface area (Å²) in [5.74, 6) is 0.487. The van der Waals surface area contributed by atoms with Crippen molar-refractivity contribution < 1.29 is 23.8 Å². The number of para-hydroxylation sites is 1. The maximum Gasteiger partial charge on any atom is 0.343 e. The van der Waals surface area contributed by atoms with E-state index >= 15 is 0 Å². The largest absolute Gasteiger partial charge is 0.497 e. The van der Waals surface area contributed by atoms with Gasteiger partial charge >= 0.3 is 5.97 Å². The van der Waals surface area contributed by atoms with E-state index in [4.69, 9.17) is 25.8 Å². The van der Waals surface area contributed by atoms with Gasteiger partial charge in [0.05, 0.1) is 18.9 Å². The minimum Gasteiger partial charge on any atom is -0.497 e. The van der Waals surface area contributed by atoms with Crippen LogP contribution in [0.2, 0.25) is 5.02 Å². The van der Waals surface area contributed by atoms with Crippen LogP contribution in [0.4, 0.5) is 0 Å². The molecular weight excluding hydrogens is 420 g/mol. The average Bonchev–Trinajstić information content (AvgIpc) is 2.80. The van der Waals surface area contributed by atoms with E-state index in [-0.39, 0.29) is 6.61 Å². The number of carbonyl (C=O) groups is 2. The minimum absolute atomic E-state index is 0.215. The van der Waals surface area contributed by atoms with Crippen molar-refractivity contribution in [3.8, 4) is 17.2 Å². The number of nitrogens with one attached hydrogen (secondary N) is 1. The smallest absolute Gasteiger partial charge is 0.343 e. The number of benzene rings is 3. The van der Waals surface area contributed by atoms with Crippen molar-refractivity contribution in [2.75, 3.05) is 13.7 Å². The topological polar surface area (TPSA) is 86.2 Å². The van der Waals surface area contributed by atoms with Gasteiger partial charge in [0.15, 0.2) is 6.61 Å². The number of amides is 1. The summed E-state index contributed by atoms with van der Waals surface area (Å²) in [6, 6.07) is 20.0. The Balaban J connectivity index is 1.56. The van der Waals surface area contributed by atoms with Gasteiger partial charge in [0.2, 0.25) is 0 Å². The molecule has 158 valence electrons. The second-order valence-corrected chi connectivity index (χ2v) is 6.63. The van der Waals surface area contributed by atoms with Crippen molar-refractivity contribution in [1.29, 1.82) is 0 Å². The minimum atomic E-state index is -0.524. The molecule has 0 saturated heterocycles. The summed E-state index contributed by atoms with van der Waals surface area (Å²) in [6.45, 7) is -0.215. The van der Waals surface area contributed by atoms with Crippen LogP contribution in [0.1, 0.15) is 15.9 Å². The van der Waals surface area contributed by atoms with Crippen molar-refractivity contribution in [3.05, 3.63) is 88.9 Å². The normalized spacial score (nSPS) is 10.5. The number of nitrogens with zero attached hydrogens (tertiary/aromatic N) is 1. The third kappa shape index (κ3) is 6.58. The molecule has 0 aromatic heterocycles. The van der Waals surface area contributed by atoms with Crippen LogP contribution in [0.5, 0.6) is 17.2 Å². The highest BCUT2D eigenvalue weighted by Crippen LogP contribution is 2.19. The van der Waals surface area contributed by atoms with Gasteiger partial charge in [0.1, 0.15) is 17.2 Å². The highest BCUT2D eigenvalue weighted by atomic mass is 35.5. The third-order valence-corrected chi connectivity index (χ3v) is 4.28. The molecule has 0 aliphatic rings. The van der Waals surface area contributed by atoms with Gasteiger partial charge in [-0.25, -0.2) is 10.2 Å². The monoisotopic (exact) mass is 438 g/mol. The molecule has 1 N–H and O–H groups in total. The van der Waals surface area contributed by atoms with E-state index in [1.54, 1.807) is 79.9 Å². The Morgan fingerprint density at radius 1 is 0.968 bits per heavy atom. The molecule has 0 unspecified atom stereocenters. The van der Waals surface area contributed by atoms with Crippen molar-refractivity contribution in [1.82, 2.24) is 5.43 Å². The molecule has 0 heterocycles. The van der Waals surface area contributed by atoms with Crippen LogP contribution in [-0.2, 0) is 4.79 Å². The maximum absolute atomic E-state index is 12.4. The lowest BCUT2D eigenvalue weighted by atomic mass is 10.2. The van der Waals surface area contributed by atoms with E-state index in [0.29, 0.717) is 33.4 Å². The molecule has 7 nitrogen and oxygen atoms in total. The van der Waals surface area contributed by atoms with Gasteiger partial charge < -0.3 is 14.2 Å². The fourth-order valence-electron chi connectivity index (χ4n) is 2.45. The van der Waals surface area contributed by atoms with E-state index in [0.717, 1.165) is 0 Å². The van der Waals surface area contributed by atoms with Crippen molar-refractivity contribution in [2.24, 2.45) is 5.10 Å². The lowest BCUT2D eigenvalue weighted by Gasteiger charge is -2.08. The molecule has 3 rings (SSSR count). The van der Waals surface area contributed by atoms with Crippen LogP contribution in [0, 0.1) is 0 Å². The zero-order valence-electron chi connectivity index (χ0n) is 16.6. The van der Waals surface area contributed by atoms with E-state index in [1.807, 2.05) is 0 Å². The predicted octanol–water partition coefficient (Wildman–Crippen LogP) is 4.10. The molecule has 0 spiro atoms. The number of carbonyl (C=O) groups excluding carboxylic acids is 2. The molecule has 0 fully saturated rings. The van der Waals surface area contributed by atoms with Crippen molar-refractivity contribution in [2.45, 2.75) is 0 Å². The van der Waals surface area contributed by atoms with Gasteiger partial charge in [-0.05, 0) is 60.7 Å². The summed E-state index contributed by atoms with van der Waals surface area (Å²) < 4.78 is 15.9. The van der Waals surface area contributed by atoms with Gasteiger partial charge in [-0.15, -0.1) is 0 Å². The Hall–Kier alpha value is -3.84. The van der Waals surface area contributed by atoms with E-state index in [2.05, 4.69) is 10.5 Å². The van der Waals surface area contributed by atoms with Crippen LogP contribution in [0.15, 0.2) is 77.9 Å². The van der Waals surface area contributed by atoms with Crippen LogP contribution >= 0.6 is 11.6 Å². The first-order chi connectivity index (χ1) is 15.0. The first-order valence-corrected chi connectivity index (χ1v) is 9.58. The van der Waals surface area contributed by atoms with Gasteiger partial charge in [-0.2, -0.15) is 5.10 Å². The average molecular weight is 439 g/mol. The second kappa shape index (κ2) is 10.8. The Kier molecular flexibility index (Phi) is 7.61. The number of methoxy groups -OCH3 is 1. The number of hydrazone groups is 1. The first-order valence-electron chi connectivity index (χ1n) is 9.20. The summed E-state index contributed by atoms with van der Waals surface area (Å²) in [7, 11) is 1.55. The summed E-state index contributed by atoms with van der Waals surface area (Å²) in [6.07, 6.45) is 1.39. The fraction of sp³-hybridized carbons (Fsp3) is 0.0870. The quantitative estimate of drug-likeness (QED) is 0.248. The number of hydrogen-bond acceptors (Lipinski definition) is 6. The Morgan fingerprint density at radius 3 is 2.35 bits per heavy atom. The van der Waals surface area contributed by atoms with Crippen molar-refractivity contribution in [3.63, 3.8) is 0 Å². The molecule has 0 radical (unpaired) electrons. The van der Waals surface area contributed by atoms with E-state index in [1.165, 1.54) is 6.21 Å². The number of hydrogen-bond donors (Lipinski definition) is 1. The second-order valence-electron chi connectivity index (χ2n) is 6.19. The van der Waals surface area contributed by atoms with E-state index in [9.17, 15) is 9.59 Å². The Bertz CT molecular complexity index is 1070. The number of halogens is 1. The molecule has 0 aliphatic heterocycles. The lowest BCUT2D eigenvalue weighted by Crippen LogP contribution is -2.24. The molecular formula is C23H19ClN2O5. The van der Waals surface area contributed by atoms with Crippen LogP contribution in [0.3, 0.4) is 0 Å². The molecule has 0 atom stereocenters. The zero-order chi connectivity index (χ0) is 22.1. The fourth-order valence-corrected chi connectivity index (χ4v) is 2.58. The summed E-state index contributed by atoms with van der Waals surface area (Å²) in [5.41, 5.74) is 3.25. The first kappa shape index (κ1) is 21.9. The van der Waals surface area contributed by atoms with Crippen LogP contribution in [-0.4, -0.2) is 31.8 Å². The number of ether oxygens (including phenoxy) is 3. The van der Waals surface area contributed by atoms with Gasteiger partial charge in [0, 0.05) is 10.6 Å². The van der Waals surface area contributed by atoms with Crippen LogP contribution in [0.25, 0.3) is 0 Å². The molecule has 0 saturated carbocycles. The standard InChI is InChI=1S/C23H19ClN2O5/c1-29-19-10-6-16(7-11-19)23(28)31-21-5-3-2-4-17(21)14-25-26-22(27)15-30-20-12-8-18(24)9-13-20/h2-14H,15H2,1H3,(H,26,27). The summed E-state index contributed by atoms with van der Waals surface area (Å²) >= 11 is 5.80. The van der Waals surface area contributed by atoms with Gasteiger partial charge in [-0.3, -0.25) is 4.79 Å². The highest BCUT2D eigenvalue weighted by Gasteiger charge is 2.11. The molecule has 1 amide bonds. The highest BCUT2D eigenvalue weighted by molar-refractivity contribution is 6.30. The van der Waals surface area contributed by atoms with E-state index < -0.39 is 11.9 Å². The zero-order valence-corrected chi connectivity index (χ0v) is 17.3.